The van der Waals surface area contributed by atoms with Crippen LogP contribution in [-0.4, -0.2) is 75.6 Å². The van der Waals surface area contributed by atoms with E-state index in [0.29, 0.717) is 17.9 Å². The molecule has 6 nitrogen and oxygen atoms in total. The molecule has 0 radical (unpaired) electrons. The van der Waals surface area contributed by atoms with Crippen molar-refractivity contribution in [3.8, 4) is 0 Å². The lowest BCUT2D eigenvalue weighted by molar-refractivity contribution is -0.131. The molecule has 1 amide bonds. The molecule has 7 heteroatoms. The third kappa shape index (κ3) is 3.43. The standard InChI is InChI=1S/C17H25N5OS/c23-17(22-8-9-24-12-22)15-10-14(11-20-15)21-6-2-13(3-7-21)16-18-4-1-5-19-16/h1,4-5,13-15,20H,2-3,6-12H2/t14-,15-/m0/s1. The van der Waals surface area contributed by atoms with Crippen LogP contribution in [0, 0.1) is 0 Å². The molecule has 2 atom stereocenters. The van der Waals surface area contributed by atoms with Crippen molar-refractivity contribution in [3.63, 3.8) is 0 Å². The monoisotopic (exact) mass is 347 g/mol. The predicted molar refractivity (Wildman–Crippen MR) is 94.8 cm³/mol. The minimum absolute atomic E-state index is 0.0175. The Balaban J connectivity index is 1.28. The van der Waals surface area contributed by atoms with Gasteiger partial charge in [-0.2, -0.15) is 0 Å². The summed E-state index contributed by atoms with van der Waals surface area (Å²) in [5.41, 5.74) is 0. The smallest absolute Gasteiger partial charge is 0.240 e. The van der Waals surface area contributed by atoms with Crippen LogP contribution < -0.4 is 5.32 Å². The van der Waals surface area contributed by atoms with E-state index in [0.717, 1.165) is 62.9 Å². The number of piperidine rings is 1. The van der Waals surface area contributed by atoms with Crippen molar-refractivity contribution in [2.24, 2.45) is 0 Å². The summed E-state index contributed by atoms with van der Waals surface area (Å²) in [7, 11) is 0. The number of carbonyl (C=O) groups excluding carboxylic acids is 1. The number of aromatic nitrogens is 2. The Labute approximate surface area is 147 Å². The van der Waals surface area contributed by atoms with Gasteiger partial charge in [0.2, 0.25) is 5.91 Å². The lowest BCUT2D eigenvalue weighted by Crippen LogP contribution is -2.42. The van der Waals surface area contributed by atoms with Gasteiger partial charge in [-0.3, -0.25) is 9.69 Å². The molecular formula is C17H25N5OS. The Hall–Kier alpha value is -1.18. The molecule has 0 aliphatic carbocycles. The highest BCUT2D eigenvalue weighted by molar-refractivity contribution is 7.99. The number of likely N-dealkylation sites (tertiary alicyclic amines) is 1. The molecule has 3 aliphatic heterocycles. The molecule has 0 spiro atoms. The van der Waals surface area contributed by atoms with Crippen LogP contribution in [0.2, 0.25) is 0 Å². The molecule has 1 N–H and O–H groups in total. The predicted octanol–water partition coefficient (Wildman–Crippen LogP) is 0.919. The molecule has 4 rings (SSSR count). The summed E-state index contributed by atoms with van der Waals surface area (Å²) in [6.07, 6.45) is 6.85. The Morgan fingerprint density at radius 3 is 2.71 bits per heavy atom. The van der Waals surface area contributed by atoms with Gasteiger partial charge in [-0.05, 0) is 38.4 Å². The van der Waals surface area contributed by atoms with Crippen molar-refractivity contribution in [3.05, 3.63) is 24.3 Å². The molecule has 0 unspecified atom stereocenters. The average molecular weight is 347 g/mol. The topological polar surface area (TPSA) is 61.4 Å². The molecule has 130 valence electrons. The lowest BCUT2D eigenvalue weighted by atomic mass is 9.94. The van der Waals surface area contributed by atoms with Crippen molar-refractivity contribution >= 4 is 17.7 Å². The van der Waals surface area contributed by atoms with E-state index in [1.165, 1.54) is 0 Å². The fourth-order valence-corrected chi connectivity index (χ4v) is 4.99. The maximum atomic E-state index is 12.5. The first-order valence-corrected chi connectivity index (χ1v) is 10.1. The minimum Gasteiger partial charge on any atom is -0.331 e. The number of hydrogen-bond acceptors (Lipinski definition) is 6. The third-order valence-electron chi connectivity index (χ3n) is 5.47. The van der Waals surface area contributed by atoms with Crippen molar-refractivity contribution in [1.29, 1.82) is 0 Å². The van der Waals surface area contributed by atoms with Gasteiger partial charge in [0.15, 0.2) is 0 Å². The lowest BCUT2D eigenvalue weighted by Gasteiger charge is -2.35. The summed E-state index contributed by atoms with van der Waals surface area (Å²) in [5, 5.41) is 3.46. The maximum Gasteiger partial charge on any atom is 0.240 e. The summed E-state index contributed by atoms with van der Waals surface area (Å²) < 4.78 is 0. The first-order valence-electron chi connectivity index (χ1n) is 8.92. The van der Waals surface area contributed by atoms with Crippen LogP contribution in [-0.2, 0) is 4.79 Å². The highest BCUT2D eigenvalue weighted by atomic mass is 32.2. The van der Waals surface area contributed by atoms with Gasteiger partial charge in [0.05, 0.1) is 11.9 Å². The Morgan fingerprint density at radius 1 is 1.21 bits per heavy atom. The summed E-state index contributed by atoms with van der Waals surface area (Å²) in [6.45, 7) is 4.00. The largest absolute Gasteiger partial charge is 0.331 e. The molecule has 3 saturated heterocycles. The fraction of sp³-hybridized carbons (Fsp3) is 0.706. The van der Waals surface area contributed by atoms with Gasteiger partial charge in [0.25, 0.3) is 0 Å². The van der Waals surface area contributed by atoms with Crippen LogP contribution in [0.25, 0.3) is 0 Å². The van der Waals surface area contributed by atoms with Gasteiger partial charge in [0, 0.05) is 43.2 Å². The van der Waals surface area contributed by atoms with Crippen LogP contribution in [0.1, 0.15) is 31.0 Å². The zero-order valence-electron chi connectivity index (χ0n) is 13.9. The number of nitrogens with one attached hydrogen (secondary N) is 1. The first-order chi connectivity index (χ1) is 11.8. The molecule has 4 heterocycles. The number of rotatable bonds is 3. The maximum absolute atomic E-state index is 12.5. The molecule has 1 aromatic rings. The van der Waals surface area contributed by atoms with E-state index in [4.69, 9.17) is 0 Å². The number of thioether (sulfide) groups is 1. The van der Waals surface area contributed by atoms with Crippen molar-refractivity contribution in [2.75, 3.05) is 37.8 Å². The molecule has 1 aromatic heterocycles. The van der Waals surface area contributed by atoms with Gasteiger partial charge in [-0.25, -0.2) is 9.97 Å². The Kier molecular flexibility index (Phi) is 5.01. The molecule has 3 aliphatic rings. The van der Waals surface area contributed by atoms with E-state index >= 15 is 0 Å². The molecule has 24 heavy (non-hydrogen) atoms. The molecule has 3 fully saturated rings. The van der Waals surface area contributed by atoms with Gasteiger partial charge >= 0.3 is 0 Å². The van der Waals surface area contributed by atoms with Crippen molar-refractivity contribution in [2.45, 2.75) is 37.3 Å². The van der Waals surface area contributed by atoms with E-state index in [9.17, 15) is 4.79 Å². The van der Waals surface area contributed by atoms with Gasteiger partial charge in [-0.15, -0.1) is 11.8 Å². The number of hydrogen-bond donors (Lipinski definition) is 1. The SMILES string of the molecule is O=C([C@@H]1C[C@H](N2CCC(c3ncccn3)CC2)CN1)N1CCSC1. The number of carbonyl (C=O) groups is 1. The zero-order valence-corrected chi connectivity index (χ0v) is 14.7. The van der Waals surface area contributed by atoms with Crippen LogP contribution in [0.5, 0.6) is 0 Å². The normalized spacial score (nSPS) is 29.2. The summed E-state index contributed by atoms with van der Waals surface area (Å²) in [6, 6.07) is 2.38. The number of nitrogens with zero attached hydrogens (tertiary/aromatic N) is 4. The Morgan fingerprint density at radius 2 is 2.00 bits per heavy atom. The van der Waals surface area contributed by atoms with E-state index in [2.05, 4.69) is 20.2 Å². The van der Waals surface area contributed by atoms with E-state index < -0.39 is 0 Å². The second-order valence-corrected chi connectivity index (χ2v) is 7.98. The molecule has 0 aromatic carbocycles. The third-order valence-corrected chi connectivity index (χ3v) is 6.43. The molecule has 0 saturated carbocycles. The highest BCUT2D eigenvalue weighted by Crippen LogP contribution is 2.28. The van der Waals surface area contributed by atoms with E-state index in [-0.39, 0.29) is 6.04 Å². The summed E-state index contributed by atoms with van der Waals surface area (Å²) in [5.74, 6) is 3.72. The highest BCUT2D eigenvalue weighted by Gasteiger charge is 2.37. The van der Waals surface area contributed by atoms with Gasteiger partial charge in [0.1, 0.15) is 5.82 Å². The van der Waals surface area contributed by atoms with Crippen LogP contribution >= 0.6 is 11.8 Å². The summed E-state index contributed by atoms with van der Waals surface area (Å²) >= 11 is 1.85. The molecule has 0 bridgehead atoms. The van der Waals surface area contributed by atoms with Crippen molar-refractivity contribution < 1.29 is 4.79 Å². The van der Waals surface area contributed by atoms with Gasteiger partial charge < -0.3 is 10.2 Å². The number of amides is 1. The fourth-order valence-electron chi connectivity index (χ4n) is 4.04. The minimum atomic E-state index is 0.0175. The zero-order chi connectivity index (χ0) is 16.4. The average Bonchev–Trinajstić information content (AvgIpc) is 3.34. The van der Waals surface area contributed by atoms with Crippen LogP contribution in [0.3, 0.4) is 0 Å². The Bertz CT molecular complexity index is 557. The van der Waals surface area contributed by atoms with Crippen LogP contribution in [0.15, 0.2) is 18.5 Å². The van der Waals surface area contributed by atoms with Crippen LogP contribution in [0.4, 0.5) is 0 Å². The molecular weight excluding hydrogens is 322 g/mol. The van der Waals surface area contributed by atoms with E-state index in [1.807, 2.05) is 35.1 Å². The summed E-state index contributed by atoms with van der Waals surface area (Å²) in [4.78, 5) is 25.9. The van der Waals surface area contributed by atoms with Gasteiger partial charge in [-0.1, -0.05) is 0 Å². The van der Waals surface area contributed by atoms with E-state index in [1.54, 1.807) is 0 Å². The second kappa shape index (κ2) is 7.37. The first kappa shape index (κ1) is 16.3. The second-order valence-electron chi connectivity index (χ2n) is 6.91. The quantitative estimate of drug-likeness (QED) is 0.877. The van der Waals surface area contributed by atoms with Crippen molar-refractivity contribution in [1.82, 2.24) is 25.1 Å².